The van der Waals surface area contributed by atoms with Crippen LogP contribution >= 0.6 is 23.2 Å². The highest BCUT2D eigenvalue weighted by atomic mass is 35.5. The van der Waals surface area contributed by atoms with E-state index in [4.69, 9.17) is 23.2 Å². The summed E-state index contributed by atoms with van der Waals surface area (Å²) in [6, 6.07) is 11.9. The number of amides is 1. The van der Waals surface area contributed by atoms with Crippen molar-refractivity contribution in [1.29, 1.82) is 0 Å². The topological polar surface area (TPSA) is 64.7 Å². The van der Waals surface area contributed by atoms with Gasteiger partial charge >= 0.3 is 0 Å². The summed E-state index contributed by atoms with van der Waals surface area (Å²) < 4.78 is 17.7. The van der Waals surface area contributed by atoms with Crippen LogP contribution in [0.15, 0.2) is 42.5 Å². The number of nitrogens with one attached hydrogen (secondary N) is 1. The van der Waals surface area contributed by atoms with Gasteiger partial charge in [-0.3, -0.25) is 14.2 Å². The number of anilines is 1. The smallest absolute Gasteiger partial charge is 0.255 e. The highest BCUT2D eigenvalue weighted by Crippen LogP contribution is 2.25. The Morgan fingerprint density at radius 3 is 2.29 bits per heavy atom. The number of carbonyl (C=O) groups excluding carboxylic acids is 1. The van der Waals surface area contributed by atoms with Gasteiger partial charge in [0, 0.05) is 16.1 Å². The SMILES string of the molecule is Cc1nn(Cc2cccc(C(=O)Nc3c(C)nn(Cc4c(F)cccc4Cl)c3C)c2)c(C)c1Cl. The second-order valence-electron chi connectivity index (χ2n) is 8.20. The Bertz CT molecular complexity index is 1370. The van der Waals surface area contributed by atoms with Crippen LogP contribution < -0.4 is 5.32 Å². The molecule has 1 N–H and O–H groups in total. The monoisotopic (exact) mass is 499 g/mol. The van der Waals surface area contributed by atoms with Crippen molar-refractivity contribution in [1.82, 2.24) is 19.6 Å². The summed E-state index contributed by atoms with van der Waals surface area (Å²) in [5.74, 6) is -0.658. The van der Waals surface area contributed by atoms with Gasteiger partial charge in [-0.05, 0) is 57.5 Å². The third-order valence-corrected chi connectivity index (χ3v) is 6.71. The number of halogens is 3. The molecule has 4 rings (SSSR count). The maximum Gasteiger partial charge on any atom is 0.255 e. The van der Waals surface area contributed by atoms with E-state index in [9.17, 15) is 9.18 Å². The summed E-state index contributed by atoms with van der Waals surface area (Å²) in [4.78, 5) is 13.1. The van der Waals surface area contributed by atoms with Gasteiger partial charge in [0.2, 0.25) is 0 Å². The quantitative estimate of drug-likeness (QED) is 0.348. The second kappa shape index (κ2) is 9.60. The Hall–Kier alpha value is -3.16. The molecule has 0 aliphatic rings. The molecular formula is C25H24Cl2FN5O. The molecule has 2 heterocycles. The molecule has 176 valence electrons. The Morgan fingerprint density at radius 1 is 0.941 bits per heavy atom. The molecule has 0 aliphatic heterocycles. The Kier molecular flexibility index (Phi) is 6.77. The van der Waals surface area contributed by atoms with Crippen molar-refractivity contribution < 1.29 is 9.18 Å². The molecule has 0 bridgehead atoms. The van der Waals surface area contributed by atoms with E-state index in [0.29, 0.717) is 44.8 Å². The van der Waals surface area contributed by atoms with Crippen LogP contribution in [-0.4, -0.2) is 25.5 Å². The number of nitrogens with zero attached hydrogens (tertiary/aromatic N) is 4. The molecule has 2 aromatic heterocycles. The third kappa shape index (κ3) is 4.72. The van der Waals surface area contributed by atoms with Crippen molar-refractivity contribution in [2.75, 3.05) is 5.32 Å². The molecule has 2 aromatic carbocycles. The molecule has 1 amide bonds. The van der Waals surface area contributed by atoms with Crippen LogP contribution in [-0.2, 0) is 13.1 Å². The lowest BCUT2D eigenvalue weighted by molar-refractivity contribution is 0.102. The van der Waals surface area contributed by atoms with Crippen molar-refractivity contribution in [3.05, 3.63) is 97.8 Å². The van der Waals surface area contributed by atoms with Crippen LogP contribution in [0.25, 0.3) is 0 Å². The van der Waals surface area contributed by atoms with Crippen molar-refractivity contribution >= 4 is 34.8 Å². The van der Waals surface area contributed by atoms with Crippen molar-refractivity contribution in [2.45, 2.75) is 40.8 Å². The Balaban J connectivity index is 1.54. The van der Waals surface area contributed by atoms with Gasteiger partial charge in [-0.15, -0.1) is 0 Å². The highest BCUT2D eigenvalue weighted by Gasteiger charge is 2.18. The fourth-order valence-corrected chi connectivity index (χ4v) is 4.22. The summed E-state index contributed by atoms with van der Waals surface area (Å²) >= 11 is 12.4. The number of benzene rings is 2. The summed E-state index contributed by atoms with van der Waals surface area (Å²) in [5, 5.41) is 12.9. The minimum absolute atomic E-state index is 0.161. The van der Waals surface area contributed by atoms with Gasteiger partial charge in [-0.25, -0.2) is 4.39 Å². The predicted molar refractivity (Wildman–Crippen MR) is 132 cm³/mol. The number of hydrogen-bond donors (Lipinski definition) is 1. The molecule has 0 saturated carbocycles. The molecule has 4 aromatic rings. The first kappa shape index (κ1) is 24.0. The van der Waals surface area contributed by atoms with E-state index in [2.05, 4.69) is 15.5 Å². The van der Waals surface area contributed by atoms with E-state index in [1.807, 2.05) is 43.7 Å². The zero-order valence-electron chi connectivity index (χ0n) is 19.3. The van der Waals surface area contributed by atoms with E-state index >= 15 is 0 Å². The van der Waals surface area contributed by atoms with Gasteiger partial charge in [-0.2, -0.15) is 10.2 Å². The molecule has 0 unspecified atom stereocenters. The first-order valence-electron chi connectivity index (χ1n) is 10.7. The zero-order chi connectivity index (χ0) is 24.6. The van der Waals surface area contributed by atoms with Crippen LogP contribution in [0.2, 0.25) is 10.0 Å². The normalized spacial score (nSPS) is 11.1. The van der Waals surface area contributed by atoms with E-state index in [0.717, 1.165) is 17.0 Å². The molecule has 6 nitrogen and oxygen atoms in total. The first-order valence-corrected chi connectivity index (χ1v) is 11.5. The molecule has 0 aliphatic carbocycles. The van der Waals surface area contributed by atoms with E-state index in [1.165, 1.54) is 6.07 Å². The lowest BCUT2D eigenvalue weighted by Gasteiger charge is -2.10. The van der Waals surface area contributed by atoms with E-state index < -0.39 is 5.82 Å². The largest absolute Gasteiger partial charge is 0.319 e. The van der Waals surface area contributed by atoms with Crippen molar-refractivity contribution in [3.8, 4) is 0 Å². The van der Waals surface area contributed by atoms with E-state index in [1.54, 1.807) is 29.8 Å². The summed E-state index contributed by atoms with van der Waals surface area (Å²) in [5.41, 5.74) is 5.36. The third-order valence-electron chi connectivity index (χ3n) is 5.80. The summed E-state index contributed by atoms with van der Waals surface area (Å²) in [7, 11) is 0. The van der Waals surface area contributed by atoms with Gasteiger partial charge in [0.15, 0.2) is 0 Å². The van der Waals surface area contributed by atoms with Crippen LogP contribution in [0.4, 0.5) is 10.1 Å². The average Bonchev–Trinajstić information content (AvgIpc) is 3.20. The van der Waals surface area contributed by atoms with Gasteiger partial charge < -0.3 is 5.32 Å². The van der Waals surface area contributed by atoms with Crippen LogP contribution in [0.3, 0.4) is 0 Å². The number of aryl methyl sites for hydroxylation is 2. The fourth-order valence-electron chi connectivity index (χ4n) is 3.86. The lowest BCUT2D eigenvalue weighted by Crippen LogP contribution is -2.14. The molecule has 0 atom stereocenters. The maximum atomic E-state index is 14.2. The Labute approximate surface area is 207 Å². The highest BCUT2D eigenvalue weighted by molar-refractivity contribution is 6.32. The maximum absolute atomic E-state index is 14.2. The van der Waals surface area contributed by atoms with Crippen LogP contribution in [0.1, 0.15) is 44.3 Å². The number of rotatable bonds is 6. The number of hydrogen-bond acceptors (Lipinski definition) is 3. The number of carbonyl (C=O) groups is 1. The van der Waals surface area contributed by atoms with Crippen molar-refractivity contribution in [2.24, 2.45) is 0 Å². The molecule has 34 heavy (non-hydrogen) atoms. The van der Waals surface area contributed by atoms with Gasteiger partial charge in [0.25, 0.3) is 5.91 Å². The van der Waals surface area contributed by atoms with Crippen molar-refractivity contribution in [3.63, 3.8) is 0 Å². The van der Waals surface area contributed by atoms with Gasteiger partial charge in [0.1, 0.15) is 5.82 Å². The lowest BCUT2D eigenvalue weighted by atomic mass is 10.1. The number of aromatic nitrogens is 4. The summed E-state index contributed by atoms with van der Waals surface area (Å²) in [6.45, 7) is 8.06. The van der Waals surface area contributed by atoms with E-state index in [-0.39, 0.29) is 12.5 Å². The molecular weight excluding hydrogens is 476 g/mol. The minimum Gasteiger partial charge on any atom is -0.319 e. The van der Waals surface area contributed by atoms with Crippen LogP contribution in [0, 0.1) is 33.5 Å². The predicted octanol–water partition coefficient (Wildman–Crippen LogP) is 6.11. The molecule has 0 fully saturated rings. The molecule has 0 spiro atoms. The van der Waals surface area contributed by atoms with Gasteiger partial charge in [0.05, 0.1) is 46.6 Å². The Morgan fingerprint density at radius 2 is 1.62 bits per heavy atom. The summed E-state index contributed by atoms with van der Waals surface area (Å²) in [6.07, 6.45) is 0. The molecule has 0 saturated heterocycles. The standard InChI is InChI=1S/C25H24Cl2FN5O/c1-14-23(27)16(3)32(30-14)12-18-7-5-8-19(11-18)25(34)29-24-15(2)31-33(17(24)4)13-20-21(26)9-6-10-22(20)28/h5-11H,12-13H2,1-4H3,(H,29,34). The van der Waals surface area contributed by atoms with Gasteiger partial charge in [-0.1, -0.05) is 41.4 Å². The fraction of sp³-hybridized carbons (Fsp3) is 0.240. The van der Waals surface area contributed by atoms with Crippen LogP contribution in [0.5, 0.6) is 0 Å². The second-order valence-corrected chi connectivity index (χ2v) is 8.99. The average molecular weight is 500 g/mol. The zero-order valence-corrected chi connectivity index (χ0v) is 20.8. The molecule has 9 heteroatoms. The first-order chi connectivity index (χ1) is 16.2. The minimum atomic E-state index is -0.397. The molecule has 0 radical (unpaired) electrons.